The van der Waals surface area contributed by atoms with Crippen molar-refractivity contribution in [2.45, 2.75) is 38.6 Å². The Morgan fingerprint density at radius 3 is 2.61 bits per heavy atom. The predicted octanol–water partition coefficient (Wildman–Crippen LogP) is 4.38. The molecule has 3 N–H and O–H groups in total. The van der Waals surface area contributed by atoms with Crippen molar-refractivity contribution >= 4 is 38.5 Å². The van der Waals surface area contributed by atoms with E-state index in [4.69, 9.17) is 5.84 Å². The lowest BCUT2D eigenvalue weighted by molar-refractivity contribution is 0.232. The molecule has 2 rings (SSSR count). The van der Waals surface area contributed by atoms with Gasteiger partial charge in [-0.15, -0.1) is 0 Å². The molecular formula is C14H20BrIN2. The lowest BCUT2D eigenvalue weighted by Crippen LogP contribution is -2.35. The van der Waals surface area contributed by atoms with Gasteiger partial charge in [0.1, 0.15) is 0 Å². The van der Waals surface area contributed by atoms with Crippen molar-refractivity contribution in [3.63, 3.8) is 0 Å². The number of hydrazine groups is 1. The third kappa shape index (κ3) is 3.46. The molecule has 18 heavy (non-hydrogen) atoms. The van der Waals surface area contributed by atoms with E-state index in [1.165, 1.54) is 34.8 Å². The maximum atomic E-state index is 5.82. The Hall–Kier alpha value is 0.350. The second-order valence-electron chi connectivity index (χ2n) is 5.33. The predicted molar refractivity (Wildman–Crippen MR) is 88.0 cm³/mol. The molecule has 0 heterocycles. The summed E-state index contributed by atoms with van der Waals surface area (Å²) < 4.78 is 2.42. The summed E-state index contributed by atoms with van der Waals surface area (Å²) >= 11 is 6.01. The first-order valence-corrected chi connectivity index (χ1v) is 8.40. The average molecular weight is 423 g/mol. The van der Waals surface area contributed by atoms with Crippen molar-refractivity contribution in [1.82, 2.24) is 5.43 Å². The first kappa shape index (κ1) is 14.8. The van der Waals surface area contributed by atoms with Gasteiger partial charge in [0.2, 0.25) is 0 Å². The van der Waals surface area contributed by atoms with Crippen LogP contribution in [0.3, 0.4) is 0 Å². The highest BCUT2D eigenvalue weighted by Gasteiger charge is 2.27. The lowest BCUT2D eigenvalue weighted by Gasteiger charge is -2.33. The van der Waals surface area contributed by atoms with Crippen LogP contribution < -0.4 is 11.3 Å². The highest BCUT2D eigenvalue weighted by molar-refractivity contribution is 14.1. The number of halogens is 2. The third-order valence-corrected chi connectivity index (χ3v) is 5.40. The normalized spacial score (nSPS) is 26.0. The van der Waals surface area contributed by atoms with Crippen molar-refractivity contribution in [3.8, 4) is 0 Å². The van der Waals surface area contributed by atoms with Crippen LogP contribution in [0.15, 0.2) is 22.7 Å². The Labute approximate surface area is 131 Å². The molecule has 1 aromatic carbocycles. The molecule has 1 unspecified atom stereocenters. The van der Waals surface area contributed by atoms with Gasteiger partial charge in [0.25, 0.3) is 0 Å². The minimum Gasteiger partial charge on any atom is -0.271 e. The summed E-state index contributed by atoms with van der Waals surface area (Å²) in [6.45, 7) is 2.35. The van der Waals surface area contributed by atoms with Crippen molar-refractivity contribution < 1.29 is 0 Å². The van der Waals surface area contributed by atoms with Gasteiger partial charge < -0.3 is 0 Å². The molecule has 2 nitrogen and oxygen atoms in total. The molecule has 0 radical (unpaired) electrons. The maximum absolute atomic E-state index is 5.82. The Morgan fingerprint density at radius 1 is 1.33 bits per heavy atom. The molecule has 0 aromatic heterocycles. The molecule has 1 aliphatic carbocycles. The standard InChI is InChI=1S/C14H20BrIN2/c1-9-2-4-10(5-3-9)14(18-17)12-8-11(16)6-7-13(12)15/h6-10,14,18H,2-5,17H2,1H3. The maximum Gasteiger partial charge on any atom is 0.0499 e. The van der Waals surface area contributed by atoms with Crippen molar-refractivity contribution in [2.75, 3.05) is 0 Å². The van der Waals surface area contributed by atoms with Gasteiger partial charge in [0.05, 0.1) is 0 Å². The number of hydrogen-bond donors (Lipinski definition) is 2. The molecule has 4 heteroatoms. The fourth-order valence-corrected chi connectivity index (χ4v) is 3.86. The molecule has 0 saturated heterocycles. The van der Waals surface area contributed by atoms with E-state index in [1.807, 2.05) is 0 Å². The monoisotopic (exact) mass is 422 g/mol. The van der Waals surface area contributed by atoms with E-state index in [-0.39, 0.29) is 6.04 Å². The van der Waals surface area contributed by atoms with Gasteiger partial charge in [-0.25, -0.2) is 0 Å². The smallest absolute Gasteiger partial charge is 0.0499 e. The van der Waals surface area contributed by atoms with Crippen LogP contribution in [0.25, 0.3) is 0 Å². The van der Waals surface area contributed by atoms with E-state index in [2.05, 4.69) is 69.1 Å². The molecule has 100 valence electrons. The minimum atomic E-state index is 0.265. The molecular weight excluding hydrogens is 403 g/mol. The quantitative estimate of drug-likeness (QED) is 0.430. The lowest BCUT2D eigenvalue weighted by atomic mass is 9.77. The second kappa shape index (κ2) is 6.68. The highest BCUT2D eigenvalue weighted by Crippen LogP contribution is 2.38. The molecule has 0 spiro atoms. The number of benzene rings is 1. The molecule has 1 aromatic rings. The van der Waals surface area contributed by atoms with E-state index in [0.29, 0.717) is 5.92 Å². The molecule has 1 atom stereocenters. The summed E-state index contributed by atoms with van der Waals surface area (Å²) in [5, 5.41) is 0. The van der Waals surface area contributed by atoms with Gasteiger partial charge in [-0.2, -0.15) is 0 Å². The summed E-state index contributed by atoms with van der Waals surface area (Å²) in [6.07, 6.45) is 5.19. The molecule has 1 fully saturated rings. The van der Waals surface area contributed by atoms with E-state index in [1.54, 1.807) is 0 Å². The zero-order valence-electron chi connectivity index (χ0n) is 10.6. The fourth-order valence-electron chi connectivity index (χ4n) is 2.85. The van der Waals surface area contributed by atoms with E-state index < -0.39 is 0 Å². The number of hydrogen-bond acceptors (Lipinski definition) is 2. The SMILES string of the molecule is CC1CCC(C(NN)c2cc(I)ccc2Br)CC1. The average Bonchev–Trinajstić information content (AvgIpc) is 2.37. The van der Waals surface area contributed by atoms with Gasteiger partial charge in [-0.05, 0) is 71.0 Å². The van der Waals surface area contributed by atoms with Crippen molar-refractivity contribution in [1.29, 1.82) is 0 Å². The Bertz CT molecular complexity index is 403. The van der Waals surface area contributed by atoms with E-state index in [9.17, 15) is 0 Å². The number of nitrogens with two attached hydrogens (primary N) is 1. The Morgan fingerprint density at radius 2 is 2.00 bits per heavy atom. The highest BCUT2D eigenvalue weighted by atomic mass is 127. The fraction of sp³-hybridized carbons (Fsp3) is 0.571. The van der Waals surface area contributed by atoms with E-state index >= 15 is 0 Å². The van der Waals surface area contributed by atoms with Gasteiger partial charge >= 0.3 is 0 Å². The van der Waals surface area contributed by atoms with Crippen LogP contribution >= 0.6 is 38.5 Å². The molecule has 1 aliphatic rings. The van der Waals surface area contributed by atoms with Crippen LogP contribution in [0.5, 0.6) is 0 Å². The third-order valence-electron chi connectivity index (χ3n) is 4.00. The van der Waals surface area contributed by atoms with Crippen molar-refractivity contribution in [3.05, 3.63) is 31.8 Å². The van der Waals surface area contributed by atoms with Crippen LogP contribution in [0, 0.1) is 15.4 Å². The first-order chi connectivity index (χ1) is 8.61. The summed E-state index contributed by atoms with van der Waals surface area (Å²) in [6, 6.07) is 6.73. The largest absolute Gasteiger partial charge is 0.271 e. The van der Waals surface area contributed by atoms with Crippen LogP contribution in [0.1, 0.15) is 44.2 Å². The van der Waals surface area contributed by atoms with Gasteiger partial charge in [-0.3, -0.25) is 11.3 Å². The number of rotatable bonds is 3. The van der Waals surface area contributed by atoms with Crippen LogP contribution in [-0.2, 0) is 0 Å². The minimum absolute atomic E-state index is 0.265. The summed E-state index contributed by atoms with van der Waals surface area (Å²) in [5.41, 5.74) is 4.33. The molecule has 0 aliphatic heterocycles. The van der Waals surface area contributed by atoms with Crippen molar-refractivity contribution in [2.24, 2.45) is 17.7 Å². The van der Waals surface area contributed by atoms with Gasteiger partial charge in [0.15, 0.2) is 0 Å². The first-order valence-electron chi connectivity index (χ1n) is 6.53. The zero-order chi connectivity index (χ0) is 13.1. The summed E-state index contributed by atoms with van der Waals surface area (Å²) in [4.78, 5) is 0. The zero-order valence-corrected chi connectivity index (χ0v) is 14.4. The number of nitrogens with one attached hydrogen (secondary N) is 1. The van der Waals surface area contributed by atoms with Crippen LogP contribution in [0.4, 0.5) is 0 Å². The molecule has 0 bridgehead atoms. The summed E-state index contributed by atoms with van der Waals surface area (Å²) in [7, 11) is 0. The van der Waals surface area contributed by atoms with Gasteiger partial charge in [-0.1, -0.05) is 35.7 Å². The van der Waals surface area contributed by atoms with Gasteiger partial charge in [0, 0.05) is 14.1 Å². The Kier molecular flexibility index (Phi) is 5.47. The van der Waals surface area contributed by atoms with Crippen LogP contribution in [-0.4, -0.2) is 0 Å². The summed E-state index contributed by atoms with van der Waals surface area (Å²) in [5.74, 6) is 7.34. The van der Waals surface area contributed by atoms with E-state index in [0.717, 1.165) is 10.4 Å². The molecule has 1 saturated carbocycles. The topological polar surface area (TPSA) is 38.0 Å². The second-order valence-corrected chi connectivity index (χ2v) is 7.43. The Balaban J connectivity index is 2.19. The molecule has 0 amide bonds. The van der Waals surface area contributed by atoms with Crippen LogP contribution in [0.2, 0.25) is 0 Å².